The van der Waals surface area contributed by atoms with E-state index in [0.29, 0.717) is 0 Å². The summed E-state index contributed by atoms with van der Waals surface area (Å²) in [6.45, 7) is 4.37. The highest BCUT2D eigenvalue weighted by Gasteiger charge is 2.24. The minimum absolute atomic E-state index is 0.285. The van der Waals surface area contributed by atoms with Gasteiger partial charge in [-0.2, -0.15) is 8.42 Å². The SMILES string of the molecule is CCCCC/C=C\CCCCCCCC(=O)NC(CS(=O)(=O)O)C(O)/C=C/CCCCCCC. The number of hydrogen-bond acceptors (Lipinski definition) is 4. The molecule has 0 rings (SSSR count). The maximum absolute atomic E-state index is 12.3. The van der Waals surface area contributed by atoms with E-state index in [-0.39, 0.29) is 12.3 Å². The van der Waals surface area contributed by atoms with Crippen molar-refractivity contribution in [3.05, 3.63) is 24.3 Å². The highest BCUT2D eigenvalue weighted by atomic mass is 32.2. The molecule has 1 amide bonds. The minimum Gasteiger partial charge on any atom is -0.387 e. The molecular formula is C27H51NO5S. The molecule has 2 atom stereocenters. The normalized spacial score (nSPS) is 14.1. The zero-order valence-corrected chi connectivity index (χ0v) is 22.5. The van der Waals surface area contributed by atoms with E-state index in [0.717, 1.165) is 57.8 Å². The molecule has 0 saturated heterocycles. The van der Waals surface area contributed by atoms with Crippen molar-refractivity contribution in [2.45, 2.75) is 135 Å². The van der Waals surface area contributed by atoms with E-state index in [9.17, 15) is 22.9 Å². The topological polar surface area (TPSA) is 104 Å². The van der Waals surface area contributed by atoms with Crippen LogP contribution in [-0.4, -0.2) is 41.9 Å². The second-order valence-electron chi connectivity index (χ2n) is 9.32. The Morgan fingerprint density at radius 1 is 0.765 bits per heavy atom. The number of allylic oxidation sites excluding steroid dienone is 3. The summed E-state index contributed by atoms with van der Waals surface area (Å²) in [5.41, 5.74) is 0. The van der Waals surface area contributed by atoms with Crippen molar-refractivity contribution in [1.82, 2.24) is 5.32 Å². The number of unbranched alkanes of at least 4 members (excludes halogenated alkanes) is 13. The summed E-state index contributed by atoms with van der Waals surface area (Å²) in [5, 5.41) is 12.9. The molecule has 200 valence electrons. The Labute approximate surface area is 209 Å². The molecule has 0 aliphatic carbocycles. The monoisotopic (exact) mass is 501 g/mol. The lowest BCUT2D eigenvalue weighted by atomic mass is 10.1. The Balaban J connectivity index is 4.15. The van der Waals surface area contributed by atoms with Gasteiger partial charge in [-0.15, -0.1) is 0 Å². The molecule has 34 heavy (non-hydrogen) atoms. The van der Waals surface area contributed by atoms with Crippen LogP contribution in [0.25, 0.3) is 0 Å². The lowest BCUT2D eigenvalue weighted by Gasteiger charge is -2.21. The van der Waals surface area contributed by atoms with E-state index < -0.39 is 28.0 Å². The second-order valence-corrected chi connectivity index (χ2v) is 10.8. The number of carbonyl (C=O) groups excluding carboxylic acids is 1. The van der Waals surface area contributed by atoms with Crippen LogP contribution in [0.4, 0.5) is 0 Å². The van der Waals surface area contributed by atoms with Crippen molar-refractivity contribution in [3.8, 4) is 0 Å². The summed E-state index contributed by atoms with van der Waals surface area (Å²) in [7, 11) is -4.32. The van der Waals surface area contributed by atoms with E-state index in [1.807, 2.05) is 6.08 Å². The Kier molecular flexibility index (Phi) is 21.5. The molecule has 0 bridgehead atoms. The van der Waals surface area contributed by atoms with Gasteiger partial charge in [0.2, 0.25) is 5.91 Å². The Morgan fingerprint density at radius 3 is 1.82 bits per heavy atom. The molecule has 0 fully saturated rings. The molecule has 7 heteroatoms. The van der Waals surface area contributed by atoms with E-state index in [2.05, 4.69) is 31.3 Å². The third kappa shape index (κ3) is 22.6. The Bertz CT molecular complexity index is 645. The third-order valence-electron chi connectivity index (χ3n) is 5.87. The average Bonchev–Trinajstić information content (AvgIpc) is 2.77. The predicted molar refractivity (Wildman–Crippen MR) is 142 cm³/mol. The van der Waals surface area contributed by atoms with E-state index in [4.69, 9.17) is 0 Å². The average molecular weight is 502 g/mol. The van der Waals surface area contributed by atoms with Gasteiger partial charge in [-0.25, -0.2) is 0 Å². The lowest BCUT2D eigenvalue weighted by molar-refractivity contribution is -0.122. The maximum Gasteiger partial charge on any atom is 0.267 e. The number of aliphatic hydroxyl groups excluding tert-OH is 1. The fraction of sp³-hybridized carbons (Fsp3) is 0.815. The van der Waals surface area contributed by atoms with Crippen LogP contribution >= 0.6 is 0 Å². The smallest absolute Gasteiger partial charge is 0.267 e. The summed E-state index contributed by atoms with van der Waals surface area (Å²) in [5.74, 6) is -0.997. The lowest BCUT2D eigenvalue weighted by Crippen LogP contribution is -2.46. The van der Waals surface area contributed by atoms with E-state index >= 15 is 0 Å². The van der Waals surface area contributed by atoms with Crippen LogP contribution in [0.1, 0.15) is 123 Å². The molecule has 0 saturated carbocycles. The predicted octanol–water partition coefficient (Wildman–Crippen LogP) is 6.50. The van der Waals surface area contributed by atoms with Crippen molar-refractivity contribution < 1.29 is 22.9 Å². The molecule has 0 aromatic rings. The van der Waals surface area contributed by atoms with Crippen molar-refractivity contribution in [2.75, 3.05) is 5.75 Å². The fourth-order valence-corrected chi connectivity index (χ4v) is 4.53. The molecule has 0 aliphatic rings. The first-order valence-electron chi connectivity index (χ1n) is 13.5. The highest BCUT2D eigenvalue weighted by molar-refractivity contribution is 7.85. The van der Waals surface area contributed by atoms with Crippen molar-refractivity contribution >= 4 is 16.0 Å². The van der Waals surface area contributed by atoms with Crippen LogP contribution in [0, 0.1) is 0 Å². The molecule has 0 radical (unpaired) electrons. The molecule has 0 aromatic carbocycles. The minimum atomic E-state index is -4.32. The number of carbonyl (C=O) groups is 1. The molecular weight excluding hydrogens is 450 g/mol. The molecule has 6 nitrogen and oxygen atoms in total. The van der Waals surface area contributed by atoms with Crippen LogP contribution in [0.2, 0.25) is 0 Å². The van der Waals surface area contributed by atoms with Gasteiger partial charge in [0.05, 0.1) is 17.9 Å². The first-order valence-corrected chi connectivity index (χ1v) is 15.1. The standard InChI is InChI=1S/C27H51NO5S/c1-3-5-7-9-11-12-13-14-15-17-19-21-23-27(30)28-25(24-34(31,32)33)26(29)22-20-18-16-10-8-6-4-2/h11-12,20,22,25-26,29H,3-10,13-19,21,23-24H2,1-2H3,(H,28,30)(H,31,32,33)/b12-11-,22-20+. The van der Waals surface area contributed by atoms with Gasteiger partial charge in [0, 0.05) is 6.42 Å². The van der Waals surface area contributed by atoms with Gasteiger partial charge >= 0.3 is 0 Å². The molecule has 0 aromatic heterocycles. The van der Waals surface area contributed by atoms with Gasteiger partial charge in [0.15, 0.2) is 0 Å². The molecule has 0 heterocycles. The molecule has 0 spiro atoms. The van der Waals surface area contributed by atoms with Gasteiger partial charge in [-0.05, 0) is 44.9 Å². The number of rotatable bonds is 23. The third-order valence-corrected chi connectivity index (χ3v) is 6.65. The van der Waals surface area contributed by atoms with Crippen LogP contribution in [0.5, 0.6) is 0 Å². The zero-order chi connectivity index (χ0) is 25.5. The van der Waals surface area contributed by atoms with Crippen LogP contribution in [0.3, 0.4) is 0 Å². The first kappa shape index (κ1) is 32.8. The molecule has 0 aliphatic heterocycles. The highest BCUT2D eigenvalue weighted by Crippen LogP contribution is 2.10. The van der Waals surface area contributed by atoms with Crippen LogP contribution in [-0.2, 0) is 14.9 Å². The van der Waals surface area contributed by atoms with Gasteiger partial charge < -0.3 is 10.4 Å². The fourth-order valence-electron chi connectivity index (χ4n) is 3.79. The van der Waals surface area contributed by atoms with Gasteiger partial charge in [0.25, 0.3) is 10.1 Å². The summed E-state index contributed by atoms with van der Waals surface area (Å²) in [6, 6.07) is -1.05. The zero-order valence-electron chi connectivity index (χ0n) is 21.7. The summed E-state index contributed by atoms with van der Waals surface area (Å²) in [4.78, 5) is 12.3. The quantitative estimate of drug-likeness (QED) is 0.0842. The summed E-state index contributed by atoms with van der Waals surface area (Å²) >= 11 is 0. The number of nitrogens with one attached hydrogen (secondary N) is 1. The Morgan fingerprint density at radius 2 is 1.24 bits per heavy atom. The number of amides is 1. The maximum atomic E-state index is 12.3. The summed E-state index contributed by atoms with van der Waals surface area (Å²) in [6.07, 6.45) is 24.6. The number of hydrogen-bond donors (Lipinski definition) is 3. The van der Waals surface area contributed by atoms with Crippen LogP contribution in [0.15, 0.2) is 24.3 Å². The molecule has 3 N–H and O–H groups in total. The summed E-state index contributed by atoms with van der Waals surface area (Å²) < 4.78 is 31.9. The first-order chi connectivity index (χ1) is 16.3. The van der Waals surface area contributed by atoms with Crippen molar-refractivity contribution in [2.24, 2.45) is 0 Å². The van der Waals surface area contributed by atoms with E-state index in [1.54, 1.807) is 0 Å². The van der Waals surface area contributed by atoms with Gasteiger partial charge in [0.1, 0.15) is 0 Å². The van der Waals surface area contributed by atoms with Crippen molar-refractivity contribution in [1.29, 1.82) is 0 Å². The Hall–Kier alpha value is -1.18. The largest absolute Gasteiger partial charge is 0.387 e. The van der Waals surface area contributed by atoms with E-state index in [1.165, 1.54) is 51.0 Å². The van der Waals surface area contributed by atoms with Gasteiger partial charge in [-0.1, -0.05) is 95.9 Å². The second kappa shape index (κ2) is 22.3. The van der Waals surface area contributed by atoms with Crippen molar-refractivity contribution in [3.63, 3.8) is 0 Å². The molecule has 2 unspecified atom stereocenters. The van der Waals surface area contributed by atoms with Gasteiger partial charge in [-0.3, -0.25) is 9.35 Å². The number of aliphatic hydroxyl groups is 1. The van der Waals surface area contributed by atoms with Crippen LogP contribution < -0.4 is 5.32 Å².